The Balaban J connectivity index is -0.000000270. The predicted octanol–water partition coefficient (Wildman–Crippen LogP) is -4.04. The van der Waals surface area contributed by atoms with E-state index in [1.54, 1.807) is 5.19 Å². The van der Waals surface area contributed by atoms with Crippen molar-refractivity contribution in [2.24, 2.45) is 0 Å². The second-order valence-corrected chi connectivity index (χ2v) is 8.50. The molecule has 4 heteroatoms. The molecule has 0 saturated carbocycles. The molecule has 12 heavy (non-hydrogen) atoms. The summed E-state index contributed by atoms with van der Waals surface area (Å²) in [5, 5.41) is 1.56. The Labute approximate surface area is 107 Å². The van der Waals surface area contributed by atoms with Crippen LogP contribution >= 0.6 is 0 Å². The molecule has 0 aliphatic heterocycles. The SMILES string of the molecule is C[Si](C)(C)c1cc[cH-]c1.[Cl-].[Cl-].[Hf]. The maximum Gasteiger partial charge on any atom is 0.00392 e. The van der Waals surface area contributed by atoms with E-state index < -0.39 is 8.07 Å². The summed E-state index contributed by atoms with van der Waals surface area (Å²) >= 11 is 0. The van der Waals surface area contributed by atoms with Gasteiger partial charge in [-0.05, 0) is 0 Å². The Morgan fingerprint density at radius 1 is 1.17 bits per heavy atom. The molecule has 1 aromatic carbocycles. The normalized spacial score (nSPS) is 8.92. The van der Waals surface area contributed by atoms with Gasteiger partial charge in [0.05, 0.1) is 0 Å². The van der Waals surface area contributed by atoms with Gasteiger partial charge < -0.3 is 24.8 Å². The third-order valence-corrected chi connectivity index (χ3v) is 3.59. The number of hydrogen-bond acceptors (Lipinski definition) is 0. The van der Waals surface area contributed by atoms with Crippen LogP contribution in [0.15, 0.2) is 24.3 Å². The van der Waals surface area contributed by atoms with Crippen LogP contribution in [0.2, 0.25) is 19.6 Å². The molecule has 0 aliphatic carbocycles. The zero-order chi connectivity index (χ0) is 6.91. The van der Waals surface area contributed by atoms with Crippen molar-refractivity contribution < 1.29 is 50.7 Å². The van der Waals surface area contributed by atoms with Crippen molar-refractivity contribution in [1.82, 2.24) is 0 Å². The summed E-state index contributed by atoms with van der Waals surface area (Å²) in [5.74, 6) is 0. The Morgan fingerprint density at radius 3 is 1.83 bits per heavy atom. The first-order valence-electron chi connectivity index (χ1n) is 3.33. The van der Waals surface area contributed by atoms with Gasteiger partial charge in [0, 0.05) is 33.9 Å². The van der Waals surface area contributed by atoms with Gasteiger partial charge in [-0.15, -0.1) is 0 Å². The third kappa shape index (κ3) is 5.63. The fourth-order valence-corrected chi connectivity index (χ4v) is 2.07. The van der Waals surface area contributed by atoms with Gasteiger partial charge >= 0.3 is 0 Å². The smallest absolute Gasteiger partial charge is 0.00392 e. The maximum absolute atomic E-state index is 2.36. The van der Waals surface area contributed by atoms with Crippen LogP contribution in [0.25, 0.3) is 0 Å². The van der Waals surface area contributed by atoms with E-state index in [0.717, 1.165) is 0 Å². The minimum atomic E-state index is -0.981. The second-order valence-electron chi connectivity index (χ2n) is 3.42. The molecular weight excluding hydrogens is 374 g/mol. The van der Waals surface area contributed by atoms with Gasteiger partial charge in [0.1, 0.15) is 0 Å². The molecule has 0 unspecified atom stereocenters. The van der Waals surface area contributed by atoms with Crippen LogP contribution in [0.1, 0.15) is 0 Å². The van der Waals surface area contributed by atoms with Crippen LogP contribution in [-0.2, 0) is 25.8 Å². The molecule has 1 rings (SSSR count). The topological polar surface area (TPSA) is 0 Å². The molecule has 0 saturated heterocycles. The summed E-state index contributed by atoms with van der Waals surface area (Å²) in [4.78, 5) is 0. The van der Waals surface area contributed by atoms with E-state index >= 15 is 0 Å². The second kappa shape index (κ2) is 7.42. The van der Waals surface area contributed by atoms with Crippen molar-refractivity contribution in [2.45, 2.75) is 19.6 Å². The molecule has 0 bridgehead atoms. The van der Waals surface area contributed by atoms with E-state index in [0.29, 0.717) is 0 Å². The van der Waals surface area contributed by atoms with Crippen molar-refractivity contribution in [3.63, 3.8) is 0 Å². The Bertz CT molecular complexity index is 179. The van der Waals surface area contributed by atoms with E-state index in [2.05, 4.69) is 43.9 Å². The average Bonchev–Trinajstić information content (AvgIpc) is 2.08. The summed E-state index contributed by atoms with van der Waals surface area (Å²) in [5.41, 5.74) is 0. The minimum absolute atomic E-state index is 0. The molecule has 0 nitrogen and oxygen atoms in total. The largest absolute Gasteiger partial charge is 1.00 e. The van der Waals surface area contributed by atoms with Gasteiger partial charge in [0.15, 0.2) is 0 Å². The van der Waals surface area contributed by atoms with Crippen molar-refractivity contribution in [2.75, 3.05) is 0 Å². The van der Waals surface area contributed by atoms with Gasteiger partial charge in [-0.1, -0.05) is 19.6 Å². The monoisotopic (exact) mass is 387 g/mol. The molecule has 70 valence electrons. The van der Waals surface area contributed by atoms with Gasteiger partial charge in [-0.25, -0.2) is 11.3 Å². The number of rotatable bonds is 1. The van der Waals surface area contributed by atoms with E-state index in [-0.39, 0.29) is 50.7 Å². The standard InChI is InChI=1S/C8H13Si.2ClH.Hf/c1-9(2,3)8-6-4-5-7-8;;;/h4-7H,1-3H3;2*1H;/q-1;;;/p-2. The van der Waals surface area contributed by atoms with Gasteiger partial charge in [-0.3, -0.25) is 0 Å². The van der Waals surface area contributed by atoms with E-state index in [1.165, 1.54) is 0 Å². The first-order chi connectivity index (χ1) is 4.11. The molecule has 0 atom stereocenters. The Kier molecular flexibility index (Phi) is 11.6. The maximum atomic E-state index is 2.36. The van der Waals surface area contributed by atoms with E-state index in [9.17, 15) is 0 Å². The molecule has 0 spiro atoms. The number of hydrogen-bond donors (Lipinski definition) is 0. The predicted molar refractivity (Wildman–Crippen MR) is 45.0 cm³/mol. The Morgan fingerprint density at radius 2 is 1.67 bits per heavy atom. The van der Waals surface area contributed by atoms with Crippen LogP contribution in [-0.4, -0.2) is 8.07 Å². The average molecular weight is 387 g/mol. The molecule has 0 aliphatic rings. The summed E-state index contributed by atoms with van der Waals surface area (Å²) in [6, 6.07) is 8.69. The summed E-state index contributed by atoms with van der Waals surface area (Å²) in [6.45, 7) is 7.09. The van der Waals surface area contributed by atoms with Crippen molar-refractivity contribution in [3.8, 4) is 0 Å². The van der Waals surface area contributed by atoms with Gasteiger partial charge in [-0.2, -0.15) is 18.2 Å². The first-order valence-corrected chi connectivity index (χ1v) is 6.83. The van der Waals surface area contributed by atoms with Crippen LogP contribution in [0.3, 0.4) is 0 Å². The Hall–Kier alpha value is 1.02. The van der Waals surface area contributed by atoms with Crippen LogP contribution in [0.5, 0.6) is 0 Å². The van der Waals surface area contributed by atoms with Crippen molar-refractivity contribution in [3.05, 3.63) is 24.3 Å². The minimum Gasteiger partial charge on any atom is -1.00 e. The zero-order valence-corrected chi connectivity index (χ0v) is 13.7. The van der Waals surface area contributed by atoms with E-state index in [1.807, 2.05) is 0 Å². The van der Waals surface area contributed by atoms with Gasteiger partial charge in [0.25, 0.3) is 0 Å². The van der Waals surface area contributed by atoms with Crippen LogP contribution < -0.4 is 30.0 Å². The molecule has 1 aromatic rings. The third-order valence-electron chi connectivity index (χ3n) is 1.53. The van der Waals surface area contributed by atoms with Crippen molar-refractivity contribution in [1.29, 1.82) is 0 Å². The van der Waals surface area contributed by atoms with Crippen molar-refractivity contribution >= 4 is 13.3 Å². The van der Waals surface area contributed by atoms with Crippen LogP contribution in [0.4, 0.5) is 0 Å². The fourth-order valence-electron chi connectivity index (χ4n) is 0.874. The molecule has 0 fully saturated rings. The molecule has 0 heterocycles. The summed E-state index contributed by atoms with van der Waals surface area (Å²) in [6.07, 6.45) is 0. The summed E-state index contributed by atoms with van der Waals surface area (Å²) in [7, 11) is -0.981. The zero-order valence-electron chi connectivity index (χ0n) is 7.57. The summed E-state index contributed by atoms with van der Waals surface area (Å²) < 4.78 is 0. The quantitative estimate of drug-likeness (QED) is 0.341. The first kappa shape index (κ1) is 18.7. The van der Waals surface area contributed by atoms with E-state index in [4.69, 9.17) is 0 Å². The van der Waals surface area contributed by atoms with Crippen LogP contribution in [0, 0.1) is 0 Å². The molecular formula is C8H13Cl2HfSi-3. The molecule has 0 aromatic heterocycles. The molecule has 0 amide bonds. The molecule has 0 radical (unpaired) electrons. The molecule has 0 N–H and O–H groups in total. The number of halogens is 2. The fraction of sp³-hybridized carbons (Fsp3) is 0.375. The van der Waals surface area contributed by atoms with Gasteiger partial charge in [0.2, 0.25) is 0 Å².